The van der Waals surface area contributed by atoms with Crippen LogP contribution >= 0.6 is 0 Å². The van der Waals surface area contributed by atoms with Crippen molar-refractivity contribution in [3.05, 3.63) is 77.0 Å². The molecule has 0 aliphatic carbocycles. The fourth-order valence-electron chi connectivity index (χ4n) is 5.45. The van der Waals surface area contributed by atoms with E-state index in [1.54, 1.807) is 25.4 Å². The smallest absolute Gasteiger partial charge is 0.416 e. The Labute approximate surface area is 248 Å². The summed E-state index contributed by atoms with van der Waals surface area (Å²) in [7, 11) is 1.57. The third kappa shape index (κ3) is 5.94. The molecule has 3 heterocycles. The number of methoxy groups -OCH3 is 1. The van der Waals surface area contributed by atoms with E-state index in [1.165, 1.54) is 17.1 Å². The number of carbonyl (C=O) groups excluding carboxylic acids is 5. The van der Waals surface area contributed by atoms with Crippen LogP contribution in [0.25, 0.3) is 5.57 Å². The molecule has 0 saturated heterocycles. The van der Waals surface area contributed by atoms with Gasteiger partial charge in [-0.1, -0.05) is 12.1 Å². The summed E-state index contributed by atoms with van der Waals surface area (Å²) in [5.41, 5.74) is 3.76. The van der Waals surface area contributed by atoms with Gasteiger partial charge in [-0.25, -0.2) is 9.69 Å². The monoisotopic (exact) mass is 587 g/mol. The minimum Gasteiger partial charge on any atom is -0.497 e. The quantitative estimate of drug-likeness (QED) is 0.348. The Morgan fingerprint density at radius 1 is 0.977 bits per heavy atom. The number of aliphatic hydroxyl groups is 1. The Morgan fingerprint density at radius 3 is 2.33 bits per heavy atom. The second kappa shape index (κ2) is 12.2. The van der Waals surface area contributed by atoms with E-state index in [-0.39, 0.29) is 54.1 Å². The summed E-state index contributed by atoms with van der Waals surface area (Å²) in [6.45, 7) is 3.37. The highest BCUT2D eigenvalue weighted by Gasteiger charge is 2.45. The maximum atomic E-state index is 13.8. The number of carbonyl (C=O) groups is 5. The van der Waals surface area contributed by atoms with Gasteiger partial charge in [-0.05, 0) is 79.6 Å². The summed E-state index contributed by atoms with van der Waals surface area (Å²) in [6.07, 6.45) is 2.91. The first kappa shape index (κ1) is 29.7. The Bertz CT molecular complexity index is 1530. The number of nitrogens with zero attached hydrogens (tertiary/aromatic N) is 3. The summed E-state index contributed by atoms with van der Waals surface area (Å²) >= 11 is 0. The van der Waals surface area contributed by atoms with E-state index in [0.29, 0.717) is 18.6 Å². The molecular weight excluding hydrogens is 554 g/mol. The lowest BCUT2D eigenvalue weighted by Gasteiger charge is -2.31. The molecule has 0 unspecified atom stereocenters. The number of aryl methyl sites for hydroxylation is 2. The van der Waals surface area contributed by atoms with Gasteiger partial charge < -0.3 is 19.5 Å². The Kier molecular flexibility index (Phi) is 8.45. The van der Waals surface area contributed by atoms with Gasteiger partial charge in [0.2, 0.25) is 0 Å². The van der Waals surface area contributed by atoms with Crippen LogP contribution in [0.3, 0.4) is 0 Å². The highest BCUT2D eigenvalue weighted by Crippen LogP contribution is 2.40. The molecule has 0 radical (unpaired) electrons. The van der Waals surface area contributed by atoms with Crippen molar-refractivity contribution in [3.8, 4) is 5.75 Å². The van der Waals surface area contributed by atoms with Crippen molar-refractivity contribution in [2.24, 2.45) is 0 Å². The van der Waals surface area contributed by atoms with Crippen LogP contribution in [-0.4, -0.2) is 77.0 Å². The van der Waals surface area contributed by atoms with Crippen LogP contribution in [0.2, 0.25) is 0 Å². The van der Waals surface area contributed by atoms with Crippen molar-refractivity contribution in [2.75, 3.05) is 25.2 Å². The number of fused-ring (bicyclic) bond motifs is 2. The molecule has 3 aliphatic heterocycles. The van der Waals surface area contributed by atoms with Gasteiger partial charge in [0.15, 0.2) is 18.6 Å². The van der Waals surface area contributed by atoms with Crippen molar-refractivity contribution < 1.29 is 38.6 Å². The van der Waals surface area contributed by atoms with E-state index in [1.807, 2.05) is 38.1 Å². The van der Waals surface area contributed by atoms with Gasteiger partial charge in [0.05, 0.1) is 24.4 Å². The van der Waals surface area contributed by atoms with Gasteiger partial charge in [0.25, 0.3) is 17.7 Å². The largest absolute Gasteiger partial charge is 0.497 e. The number of rotatable bonds is 9. The topological polar surface area (TPSA) is 134 Å². The molecule has 4 amide bonds. The fraction of sp³-hybridized carbons (Fsp3) is 0.344. The normalized spacial score (nSPS) is 19.3. The van der Waals surface area contributed by atoms with E-state index in [4.69, 9.17) is 9.47 Å². The highest BCUT2D eigenvalue weighted by molar-refractivity contribution is 6.12. The minimum atomic E-state index is -1.45. The van der Waals surface area contributed by atoms with Crippen molar-refractivity contribution in [1.82, 2.24) is 9.80 Å². The first-order valence-corrected chi connectivity index (χ1v) is 14.1. The zero-order chi connectivity index (χ0) is 30.8. The average Bonchev–Trinajstić information content (AvgIpc) is 3.57. The van der Waals surface area contributed by atoms with Gasteiger partial charge in [-0.15, -0.1) is 0 Å². The Hall–Kier alpha value is -4.77. The molecule has 43 heavy (non-hydrogen) atoms. The molecule has 2 aromatic rings. The van der Waals surface area contributed by atoms with E-state index >= 15 is 0 Å². The number of anilines is 1. The van der Waals surface area contributed by atoms with Crippen LogP contribution in [0.5, 0.6) is 5.75 Å². The lowest BCUT2D eigenvalue weighted by Crippen LogP contribution is -2.50. The number of hydrogen-bond acceptors (Lipinski definition) is 8. The SMILES string of the molecule is COc1ccc(C2=CN3C(=O)c4cc(C)c(C)cc4N(C(=O)OCC(=O)CCCCN4C(=O)C=CC4=O)[C@@H](O)[C@@H]3C2)cc1. The van der Waals surface area contributed by atoms with Crippen LogP contribution < -0.4 is 9.64 Å². The highest BCUT2D eigenvalue weighted by atomic mass is 16.6. The van der Waals surface area contributed by atoms with Gasteiger partial charge >= 0.3 is 6.09 Å². The minimum absolute atomic E-state index is 0.0817. The second-order valence-electron chi connectivity index (χ2n) is 10.8. The predicted octanol–water partition coefficient (Wildman–Crippen LogP) is 3.51. The van der Waals surface area contributed by atoms with Crippen molar-refractivity contribution in [3.63, 3.8) is 0 Å². The molecular formula is C32H33N3O8. The number of imide groups is 1. The van der Waals surface area contributed by atoms with E-state index in [2.05, 4.69) is 0 Å². The summed E-state index contributed by atoms with van der Waals surface area (Å²) in [5.74, 6) is -0.778. The number of aliphatic hydroxyl groups excluding tert-OH is 1. The fourth-order valence-corrected chi connectivity index (χ4v) is 5.45. The summed E-state index contributed by atoms with van der Waals surface area (Å²) in [5, 5.41) is 11.6. The molecule has 0 saturated carbocycles. The molecule has 2 atom stereocenters. The molecule has 0 bridgehead atoms. The maximum Gasteiger partial charge on any atom is 0.416 e. The molecule has 1 N–H and O–H groups in total. The molecule has 3 aliphatic rings. The molecule has 5 rings (SSSR count). The second-order valence-corrected chi connectivity index (χ2v) is 10.8. The molecule has 0 fully saturated rings. The predicted molar refractivity (Wildman–Crippen MR) is 156 cm³/mol. The van der Waals surface area contributed by atoms with Crippen LogP contribution in [0.4, 0.5) is 10.5 Å². The number of hydrogen-bond donors (Lipinski definition) is 1. The molecule has 0 spiro atoms. The number of Topliss-reactive ketones (excluding diaryl/α,β-unsaturated/α-hetero) is 1. The van der Waals surface area contributed by atoms with Crippen molar-refractivity contribution in [1.29, 1.82) is 0 Å². The number of amides is 4. The standard InChI is InChI=1S/C32H33N3O8/c1-19-14-25-26(15-20(19)2)35(32(41)43-18-23(36)6-4-5-13-33-28(37)11-12-29(33)38)31(40)27-16-22(17-34(27)30(25)39)21-7-9-24(42-3)10-8-21/h7-12,14-15,17,27,31,40H,4-6,13,16,18H2,1-3H3/t27-,31-/m0/s1. The number of unbranched alkanes of at least 4 members (excludes halogenated alkanes) is 1. The number of ketones is 1. The molecule has 11 nitrogen and oxygen atoms in total. The average molecular weight is 588 g/mol. The zero-order valence-electron chi connectivity index (χ0n) is 24.2. The molecule has 0 aromatic heterocycles. The summed E-state index contributed by atoms with van der Waals surface area (Å²) in [6, 6.07) is 9.92. The van der Waals surface area contributed by atoms with Crippen LogP contribution in [-0.2, 0) is 19.1 Å². The Balaban J connectivity index is 1.30. The first-order valence-electron chi connectivity index (χ1n) is 14.1. The van der Waals surface area contributed by atoms with Gasteiger partial charge in [-0.3, -0.25) is 24.1 Å². The van der Waals surface area contributed by atoms with E-state index in [9.17, 15) is 29.1 Å². The van der Waals surface area contributed by atoms with Crippen LogP contribution in [0.1, 0.15) is 52.7 Å². The third-order valence-electron chi connectivity index (χ3n) is 8.03. The first-order chi connectivity index (χ1) is 20.6. The van der Waals surface area contributed by atoms with Gasteiger partial charge in [0.1, 0.15) is 5.75 Å². The van der Waals surface area contributed by atoms with Gasteiger partial charge in [0, 0.05) is 31.3 Å². The Morgan fingerprint density at radius 2 is 1.65 bits per heavy atom. The van der Waals surface area contributed by atoms with E-state index < -0.39 is 25.0 Å². The van der Waals surface area contributed by atoms with Crippen LogP contribution in [0.15, 0.2) is 54.8 Å². The van der Waals surface area contributed by atoms with Gasteiger partial charge in [-0.2, -0.15) is 0 Å². The molecule has 224 valence electrons. The molecule has 11 heteroatoms. The summed E-state index contributed by atoms with van der Waals surface area (Å²) in [4.78, 5) is 66.7. The lowest BCUT2D eigenvalue weighted by molar-refractivity contribution is -0.136. The van der Waals surface area contributed by atoms with Crippen LogP contribution in [0, 0.1) is 13.8 Å². The summed E-state index contributed by atoms with van der Waals surface area (Å²) < 4.78 is 10.6. The van der Waals surface area contributed by atoms with Crippen molar-refractivity contribution in [2.45, 2.75) is 51.8 Å². The zero-order valence-corrected chi connectivity index (χ0v) is 24.2. The van der Waals surface area contributed by atoms with E-state index in [0.717, 1.165) is 32.1 Å². The third-order valence-corrected chi connectivity index (χ3v) is 8.03. The number of benzene rings is 2. The number of ether oxygens (including phenoxy) is 2. The lowest BCUT2D eigenvalue weighted by atomic mass is 10.0. The van der Waals surface area contributed by atoms with Crippen molar-refractivity contribution >= 4 is 40.9 Å². The maximum absolute atomic E-state index is 13.8. The molecule has 2 aromatic carbocycles.